The van der Waals surface area contributed by atoms with Crippen molar-refractivity contribution in [2.45, 2.75) is 57.3 Å². The first-order chi connectivity index (χ1) is 14.7. The lowest BCUT2D eigenvalue weighted by Gasteiger charge is -2.37. The van der Waals surface area contributed by atoms with Crippen molar-refractivity contribution in [2.75, 3.05) is 13.2 Å². The van der Waals surface area contributed by atoms with E-state index in [1.165, 1.54) is 4.90 Å². The largest absolute Gasteiger partial charge is 0.458 e. The summed E-state index contributed by atoms with van der Waals surface area (Å²) < 4.78 is 11.2. The van der Waals surface area contributed by atoms with Gasteiger partial charge in [-0.15, -0.1) is 0 Å². The minimum absolute atomic E-state index is 0.0493. The SMILES string of the molecule is CC(C)(C)OC(=O)[C@@H]1C[C@@H](O)CCN1C(=O)OCC1c2ccccc2-c2ccccc21. The topological polar surface area (TPSA) is 76.1 Å². The quantitative estimate of drug-likeness (QED) is 0.752. The third kappa shape index (κ3) is 4.44. The first-order valence-electron chi connectivity index (χ1n) is 10.8. The maximum Gasteiger partial charge on any atom is 0.410 e. The number of nitrogens with zero attached hydrogens (tertiary/aromatic N) is 1. The van der Waals surface area contributed by atoms with Crippen molar-refractivity contribution in [3.8, 4) is 11.1 Å². The second-order valence-corrected chi connectivity index (χ2v) is 9.22. The molecule has 1 amide bonds. The Labute approximate surface area is 182 Å². The number of likely N-dealkylation sites (tertiary alicyclic amines) is 1. The molecule has 1 aliphatic carbocycles. The van der Waals surface area contributed by atoms with Crippen LogP contribution in [-0.4, -0.2) is 53.0 Å². The first-order valence-corrected chi connectivity index (χ1v) is 10.8. The fourth-order valence-corrected chi connectivity index (χ4v) is 4.44. The molecule has 0 radical (unpaired) electrons. The van der Waals surface area contributed by atoms with Crippen molar-refractivity contribution < 1.29 is 24.2 Å². The minimum Gasteiger partial charge on any atom is -0.458 e. The summed E-state index contributed by atoms with van der Waals surface area (Å²) in [6.45, 7) is 5.78. The van der Waals surface area contributed by atoms with Gasteiger partial charge >= 0.3 is 12.1 Å². The van der Waals surface area contributed by atoms with Gasteiger partial charge in [-0.2, -0.15) is 0 Å². The molecule has 1 aliphatic heterocycles. The van der Waals surface area contributed by atoms with Crippen LogP contribution in [0.15, 0.2) is 48.5 Å². The summed E-state index contributed by atoms with van der Waals surface area (Å²) in [6.07, 6.45) is -0.637. The molecule has 0 saturated carbocycles. The fourth-order valence-electron chi connectivity index (χ4n) is 4.44. The summed E-state index contributed by atoms with van der Waals surface area (Å²) in [5.74, 6) is -0.563. The Morgan fingerprint density at radius 3 is 2.19 bits per heavy atom. The number of hydrogen-bond donors (Lipinski definition) is 1. The van der Waals surface area contributed by atoms with E-state index < -0.39 is 29.8 Å². The van der Waals surface area contributed by atoms with Crippen LogP contribution in [0.3, 0.4) is 0 Å². The zero-order valence-corrected chi connectivity index (χ0v) is 18.2. The predicted molar refractivity (Wildman–Crippen MR) is 117 cm³/mol. The van der Waals surface area contributed by atoms with Crippen molar-refractivity contribution in [3.05, 3.63) is 59.7 Å². The number of hydrogen-bond acceptors (Lipinski definition) is 5. The highest BCUT2D eigenvalue weighted by atomic mass is 16.6. The van der Waals surface area contributed by atoms with Crippen LogP contribution in [0.25, 0.3) is 11.1 Å². The molecule has 31 heavy (non-hydrogen) atoms. The van der Waals surface area contributed by atoms with E-state index in [0.29, 0.717) is 6.42 Å². The van der Waals surface area contributed by atoms with Crippen LogP contribution in [0.4, 0.5) is 4.79 Å². The summed E-state index contributed by atoms with van der Waals surface area (Å²) in [5, 5.41) is 10.1. The molecule has 164 valence electrons. The lowest BCUT2D eigenvalue weighted by Crippen LogP contribution is -2.53. The van der Waals surface area contributed by atoms with Gasteiger partial charge in [0.2, 0.25) is 0 Å². The number of amides is 1. The Morgan fingerprint density at radius 1 is 1.03 bits per heavy atom. The summed E-state index contributed by atoms with van der Waals surface area (Å²) in [4.78, 5) is 27.1. The molecule has 2 aliphatic rings. The van der Waals surface area contributed by atoms with Crippen LogP contribution in [0, 0.1) is 0 Å². The highest BCUT2D eigenvalue weighted by molar-refractivity contribution is 5.82. The lowest BCUT2D eigenvalue weighted by atomic mass is 9.98. The van der Waals surface area contributed by atoms with Gasteiger partial charge in [-0.3, -0.25) is 4.90 Å². The van der Waals surface area contributed by atoms with Gasteiger partial charge in [0.25, 0.3) is 0 Å². The second kappa shape index (κ2) is 8.35. The standard InChI is InChI=1S/C25H29NO5/c1-25(2,3)31-23(28)22-14-16(27)12-13-26(22)24(29)30-15-21-19-10-6-4-8-17(19)18-9-5-7-11-20(18)21/h4-11,16,21-22,27H,12-15H2,1-3H3/t16-,22-/m0/s1. The van der Waals surface area contributed by atoms with E-state index in [4.69, 9.17) is 9.47 Å². The molecule has 1 fully saturated rings. The Kier molecular flexibility index (Phi) is 5.75. The van der Waals surface area contributed by atoms with Crippen LogP contribution in [0.2, 0.25) is 0 Å². The van der Waals surface area contributed by atoms with E-state index >= 15 is 0 Å². The lowest BCUT2D eigenvalue weighted by molar-refractivity contribution is -0.163. The number of benzene rings is 2. The van der Waals surface area contributed by atoms with Crippen molar-refractivity contribution in [1.82, 2.24) is 4.90 Å². The summed E-state index contributed by atoms with van der Waals surface area (Å²) in [5.41, 5.74) is 3.91. The molecular weight excluding hydrogens is 394 g/mol. The Hall–Kier alpha value is -2.86. The maximum absolute atomic E-state index is 13.0. The van der Waals surface area contributed by atoms with Gasteiger partial charge in [0, 0.05) is 18.9 Å². The van der Waals surface area contributed by atoms with Gasteiger partial charge in [0.15, 0.2) is 0 Å². The Balaban J connectivity index is 1.49. The van der Waals surface area contributed by atoms with Crippen LogP contribution >= 0.6 is 0 Å². The number of ether oxygens (including phenoxy) is 2. The van der Waals surface area contributed by atoms with Crippen molar-refractivity contribution in [1.29, 1.82) is 0 Å². The first kappa shape index (κ1) is 21.4. The molecule has 6 heteroatoms. The molecule has 2 atom stereocenters. The third-order valence-electron chi connectivity index (χ3n) is 5.82. The van der Waals surface area contributed by atoms with Crippen molar-refractivity contribution in [2.24, 2.45) is 0 Å². The monoisotopic (exact) mass is 423 g/mol. The van der Waals surface area contributed by atoms with Crippen LogP contribution < -0.4 is 0 Å². The van der Waals surface area contributed by atoms with Gasteiger partial charge in [0.1, 0.15) is 18.2 Å². The molecule has 4 rings (SSSR count). The number of aliphatic hydroxyl groups excluding tert-OH is 1. The summed E-state index contributed by atoms with van der Waals surface area (Å²) >= 11 is 0. The number of piperidine rings is 1. The van der Waals surface area contributed by atoms with Crippen LogP contribution in [0.1, 0.15) is 50.7 Å². The van der Waals surface area contributed by atoms with Crippen LogP contribution in [0.5, 0.6) is 0 Å². The number of esters is 1. The highest BCUT2D eigenvalue weighted by Crippen LogP contribution is 2.44. The summed E-state index contributed by atoms with van der Waals surface area (Å²) in [6, 6.07) is 15.4. The molecule has 1 saturated heterocycles. The molecule has 6 nitrogen and oxygen atoms in total. The van der Waals surface area contributed by atoms with Crippen LogP contribution in [-0.2, 0) is 14.3 Å². The van der Waals surface area contributed by atoms with Gasteiger partial charge in [-0.05, 0) is 49.4 Å². The average molecular weight is 424 g/mol. The number of carbonyl (C=O) groups is 2. The molecule has 0 aromatic heterocycles. The Morgan fingerprint density at radius 2 is 1.61 bits per heavy atom. The molecule has 1 N–H and O–H groups in total. The normalized spacial score (nSPS) is 20.7. The molecule has 1 heterocycles. The van der Waals surface area contributed by atoms with Gasteiger partial charge in [0.05, 0.1) is 6.10 Å². The molecular formula is C25H29NO5. The zero-order valence-electron chi connectivity index (χ0n) is 18.2. The number of aliphatic hydroxyl groups is 1. The average Bonchev–Trinajstić information content (AvgIpc) is 3.04. The highest BCUT2D eigenvalue weighted by Gasteiger charge is 2.39. The van der Waals surface area contributed by atoms with Gasteiger partial charge in [-0.25, -0.2) is 9.59 Å². The molecule has 0 spiro atoms. The third-order valence-corrected chi connectivity index (χ3v) is 5.82. The number of fused-ring (bicyclic) bond motifs is 3. The smallest absolute Gasteiger partial charge is 0.410 e. The van der Waals surface area contributed by atoms with E-state index in [9.17, 15) is 14.7 Å². The van der Waals surface area contributed by atoms with E-state index in [2.05, 4.69) is 24.3 Å². The fraction of sp³-hybridized carbons (Fsp3) is 0.440. The predicted octanol–water partition coefficient (Wildman–Crippen LogP) is 4.10. The van der Waals surface area contributed by atoms with E-state index in [1.54, 1.807) is 20.8 Å². The number of rotatable bonds is 3. The minimum atomic E-state index is -0.848. The van der Waals surface area contributed by atoms with E-state index in [1.807, 2.05) is 24.3 Å². The number of carbonyl (C=O) groups excluding carboxylic acids is 2. The molecule has 2 aromatic carbocycles. The van der Waals surface area contributed by atoms with E-state index in [0.717, 1.165) is 22.3 Å². The van der Waals surface area contributed by atoms with Gasteiger partial charge in [-0.1, -0.05) is 48.5 Å². The molecule has 0 bridgehead atoms. The molecule has 0 unspecified atom stereocenters. The summed E-state index contributed by atoms with van der Waals surface area (Å²) in [7, 11) is 0. The second-order valence-electron chi connectivity index (χ2n) is 9.22. The maximum atomic E-state index is 13.0. The van der Waals surface area contributed by atoms with Gasteiger partial charge < -0.3 is 14.6 Å². The zero-order chi connectivity index (χ0) is 22.2. The van der Waals surface area contributed by atoms with Crippen molar-refractivity contribution >= 4 is 12.1 Å². The molecule has 2 aromatic rings. The Bertz CT molecular complexity index is 934. The van der Waals surface area contributed by atoms with E-state index in [-0.39, 0.29) is 25.5 Å². The van der Waals surface area contributed by atoms with Crippen molar-refractivity contribution in [3.63, 3.8) is 0 Å².